The van der Waals surface area contributed by atoms with Gasteiger partial charge < -0.3 is 5.32 Å². The quantitative estimate of drug-likeness (QED) is 0.680. The maximum atomic E-state index is 3.71. The van der Waals surface area contributed by atoms with E-state index >= 15 is 0 Å². The van der Waals surface area contributed by atoms with Crippen molar-refractivity contribution in [1.82, 2.24) is 0 Å². The first-order chi connectivity index (χ1) is 9.98. The highest BCUT2D eigenvalue weighted by atomic mass is 32.2. The predicted molar refractivity (Wildman–Crippen MR) is 95.1 cm³/mol. The van der Waals surface area contributed by atoms with Crippen LogP contribution in [0.25, 0.3) is 0 Å². The molecule has 1 N–H and O–H groups in total. The Bertz CT molecular complexity index is 557. The molecule has 2 rings (SSSR count). The van der Waals surface area contributed by atoms with Crippen LogP contribution < -0.4 is 5.32 Å². The predicted octanol–water partition coefficient (Wildman–Crippen LogP) is 6.00. The topological polar surface area (TPSA) is 12.0 Å². The maximum absolute atomic E-state index is 3.71. The SMILES string of the molecule is CSc1cccc(NC(CC(C)(C)C)c2ccccc2)c1. The van der Waals surface area contributed by atoms with Gasteiger partial charge in [0.2, 0.25) is 0 Å². The molecule has 0 aromatic heterocycles. The molecule has 2 aromatic rings. The summed E-state index contributed by atoms with van der Waals surface area (Å²) in [5.74, 6) is 0. The lowest BCUT2D eigenvalue weighted by atomic mass is 9.85. The second kappa shape index (κ2) is 7.04. The number of rotatable bonds is 5. The molecule has 0 amide bonds. The summed E-state index contributed by atoms with van der Waals surface area (Å²) in [5.41, 5.74) is 2.83. The Kier molecular flexibility index (Phi) is 5.35. The van der Waals surface area contributed by atoms with E-state index in [4.69, 9.17) is 0 Å². The molecule has 21 heavy (non-hydrogen) atoms. The average molecular weight is 299 g/mol. The van der Waals surface area contributed by atoms with Crippen LogP contribution in [0.5, 0.6) is 0 Å². The molecule has 0 heterocycles. The molecule has 0 bridgehead atoms. The fraction of sp³-hybridized carbons (Fsp3) is 0.368. The van der Waals surface area contributed by atoms with E-state index in [9.17, 15) is 0 Å². The number of nitrogens with one attached hydrogen (secondary N) is 1. The van der Waals surface area contributed by atoms with Crippen LogP contribution >= 0.6 is 11.8 Å². The summed E-state index contributed by atoms with van der Waals surface area (Å²) < 4.78 is 0. The minimum Gasteiger partial charge on any atom is -0.378 e. The van der Waals surface area contributed by atoms with Gasteiger partial charge in [0, 0.05) is 10.6 Å². The van der Waals surface area contributed by atoms with Crippen LogP contribution in [-0.2, 0) is 0 Å². The van der Waals surface area contributed by atoms with Crippen molar-refractivity contribution in [2.75, 3.05) is 11.6 Å². The lowest BCUT2D eigenvalue weighted by Gasteiger charge is -2.28. The van der Waals surface area contributed by atoms with E-state index in [2.05, 4.69) is 86.9 Å². The lowest BCUT2D eigenvalue weighted by Crippen LogP contribution is -2.18. The molecule has 0 radical (unpaired) electrons. The number of anilines is 1. The van der Waals surface area contributed by atoms with Crippen molar-refractivity contribution >= 4 is 17.4 Å². The van der Waals surface area contributed by atoms with E-state index in [1.807, 2.05) is 0 Å². The van der Waals surface area contributed by atoms with Crippen molar-refractivity contribution in [3.63, 3.8) is 0 Å². The molecule has 0 aliphatic carbocycles. The van der Waals surface area contributed by atoms with Crippen LogP contribution in [0, 0.1) is 5.41 Å². The molecule has 0 saturated carbocycles. The first-order valence-corrected chi connectivity index (χ1v) is 8.66. The molecule has 0 aliphatic rings. The molecule has 1 atom stereocenters. The first kappa shape index (κ1) is 16.0. The third-order valence-corrected chi connectivity index (χ3v) is 4.15. The number of thioether (sulfide) groups is 1. The molecular formula is C19H25NS. The normalized spacial score (nSPS) is 13.0. The van der Waals surface area contributed by atoms with Crippen LogP contribution in [0.1, 0.15) is 38.8 Å². The number of benzene rings is 2. The Hall–Kier alpha value is -1.41. The van der Waals surface area contributed by atoms with E-state index in [1.54, 1.807) is 11.8 Å². The van der Waals surface area contributed by atoms with E-state index in [0.717, 1.165) is 6.42 Å². The second-order valence-electron chi connectivity index (χ2n) is 6.60. The van der Waals surface area contributed by atoms with Crippen molar-refractivity contribution in [2.24, 2.45) is 5.41 Å². The molecule has 0 saturated heterocycles. The zero-order valence-electron chi connectivity index (χ0n) is 13.4. The van der Waals surface area contributed by atoms with Gasteiger partial charge in [0.05, 0.1) is 6.04 Å². The van der Waals surface area contributed by atoms with Gasteiger partial charge in [0.1, 0.15) is 0 Å². The third kappa shape index (κ3) is 5.13. The van der Waals surface area contributed by atoms with Gasteiger partial charge in [-0.15, -0.1) is 11.8 Å². The van der Waals surface area contributed by atoms with Gasteiger partial charge >= 0.3 is 0 Å². The van der Waals surface area contributed by atoms with Gasteiger partial charge in [-0.2, -0.15) is 0 Å². The van der Waals surface area contributed by atoms with E-state index in [-0.39, 0.29) is 5.41 Å². The van der Waals surface area contributed by atoms with Crippen LogP contribution in [0.15, 0.2) is 59.5 Å². The van der Waals surface area contributed by atoms with E-state index in [0.29, 0.717) is 6.04 Å². The highest BCUT2D eigenvalue weighted by molar-refractivity contribution is 7.98. The molecule has 2 heteroatoms. The Morgan fingerprint density at radius 2 is 1.71 bits per heavy atom. The summed E-state index contributed by atoms with van der Waals surface area (Å²) in [6, 6.07) is 19.7. The standard InChI is InChI=1S/C19H25NS/c1-19(2,3)14-18(15-9-6-5-7-10-15)20-16-11-8-12-17(13-16)21-4/h5-13,18,20H,14H2,1-4H3. The fourth-order valence-electron chi connectivity index (χ4n) is 2.46. The van der Waals surface area contributed by atoms with Crippen LogP contribution in [0.4, 0.5) is 5.69 Å². The van der Waals surface area contributed by atoms with Crippen molar-refractivity contribution in [3.05, 3.63) is 60.2 Å². The monoisotopic (exact) mass is 299 g/mol. The largest absolute Gasteiger partial charge is 0.378 e. The van der Waals surface area contributed by atoms with Crippen LogP contribution in [-0.4, -0.2) is 6.26 Å². The summed E-state index contributed by atoms with van der Waals surface area (Å²) in [7, 11) is 0. The number of hydrogen-bond acceptors (Lipinski definition) is 2. The highest BCUT2D eigenvalue weighted by Crippen LogP contribution is 2.32. The van der Waals surface area contributed by atoms with Crippen molar-refractivity contribution in [2.45, 2.75) is 38.1 Å². The molecule has 1 nitrogen and oxygen atoms in total. The highest BCUT2D eigenvalue weighted by Gasteiger charge is 2.20. The van der Waals surface area contributed by atoms with E-state index < -0.39 is 0 Å². The zero-order chi connectivity index (χ0) is 15.3. The van der Waals surface area contributed by atoms with Crippen LogP contribution in [0.2, 0.25) is 0 Å². The Labute approximate surface area is 133 Å². The number of hydrogen-bond donors (Lipinski definition) is 1. The van der Waals surface area contributed by atoms with Gasteiger partial charge in [-0.1, -0.05) is 57.2 Å². The van der Waals surface area contributed by atoms with Gasteiger partial charge in [0.15, 0.2) is 0 Å². The third-order valence-electron chi connectivity index (χ3n) is 3.43. The lowest BCUT2D eigenvalue weighted by molar-refractivity contribution is 0.352. The minimum absolute atomic E-state index is 0.282. The average Bonchev–Trinajstić information content (AvgIpc) is 2.46. The Balaban J connectivity index is 2.23. The summed E-state index contributed by atoms with van der Waals surface area (Å²) in [6.07, 6.45) is 3.21. The van der Waals surface area contributed by atoms with Gasteiger partial charge in [-0.3, -0.25) is 0 Å². The molecule has 112 valence electrons. The molecule has 1 unspecified atom stereocenters. The zero-order valence-corrected chi connectivity index (χ0v) is 14.2. The van der Waals surface area contributed by atoms with Gasteiger partial charge in [-0.25, -0.2) is 0 Å². The van der Waals surface area contributed by atoms with Gasteiger partial charge in [-0.05, 0) is 41.9 Å². The minimum atomic E-state index is 0.282. The Morgan fingerprint density at radius 3 is 2.33 bits per heavy atom. The summed E-state index contributed by atoms with van der Waals surface area (Å²) in [4.78, 5) is 1.29. The van der Waals surface area contributed by atoms with Crippen molar-refractivity contribution in [1.29, 1.82) is 0 Å². The second-order valence-corrected chi connectivity index (χ2v) is 7.48. The summed E-state index contributed by atoms with van der Waals surface area (Å²) >= 11 is 1.78. The fourth-order valence-corrected chi connectivity index (χ4v) is 2.92. The Morgan fingerprint density at radius 1 is 1.00 bits per heavy atom. The molecular weight excluding hydrogens is 274 g/mol. The molecule has 0 spiro atoms. The summed E-state index contributed by atoms with van der Waals surface area (Å²) in [6.45, 7) is 6.88. The maximum Gasteiger partial charge on any atom is 0.0518 e. The molecule has 0 aliphatic heterocycles. The summed E-state index contributed by atoms with van der Waals surface area (Å²) in [5, 5.41) is 3.71. The van der Waals surface area contributed by atoms with E-state index in [1.165, 1.54) is 16.1 Å². The molecule has 0 fully saturated rings. The van der Waals surface area contributed by atoms with Crippen molar-refractivity contribution < 1.29 is 0 Å². The van der Waals surface area contributed by atoms with Crippen molar-refractivity contribution in [3.8, 4) is 0 Å². The smallest absolute Gasteiger partial charge is 0.0518 e. The first-order valence-electron chi connectivity index (χ1n) is 7.43. The van der Waals surface area contributed by atoms with Crippen LogP contribution in [0.3, 0.4) is 0 Å². The van der Waals surface area contributed by atoms with Gasteiger partial charge in [0.25, 0.3) is 0 Å². The molecule has 2 aromatic carbocycles.